The van der Waals surface area contributed by atoms with Crippen LogP contribution in [0.25, 0.3) is 33.9 Å². The van der Waals surface area contributed by atoms with Gasteiger partial charge in [0, 0.05) is 39.0 Å². The van der Waals surface area contributed by atoms with Gasteiger partial charge in [0.25, 0.3) is 0 Å². The van der Waals surface area contributed by atoms with Gasteiger partial charge in [-0.05, 0) is 42.7 Å². The number of imidazole rings is 1. The Morgan fingerprint density at radius 2 is 1.46 bits per heavy atom. The van der Waals surface area contributed by atoms with Crippen molar-refractivity contribution in [3.05, 3.63) is 78.1 Å². The van der Waals surface area contributed by atoms with E-state index in [-0.39, 0.29) is 0 Å². The molecule has 0 aliphatic carbocycles. The molecule has 2 aromatic carbocycles. The summed E-state index contributed by atoms with van der Waals surface area (Å²) >= 11 is 7.78. The van der Waals surface area contributed by atoms with Crippen LogP contribution in [-0.2, 0) is 0 Å². The molecule has 0 bridgehead atoms. The van der Waals surface area contributed by atoms with Crippen LogP contribution in [0.3, 0.4) is 0 Å². The first kappa shape index (κ1) is 16.9. The van der Waals surface area contributed by atoms with Gasteiger partial charge in [-0.1, -0.05) is 35.9 Å². The molecular weight excluding hydrogens is 362 g/mol. The SMILES string of the molecule is CSc1ccc(-c2nc(-c3ccncc3)c(-c3ccc(Cl)cc3)[nH]2)cc1. The number of hydrogen-bond acceptors (Lipinski definition) is 3. The zero-order valence-electron chi connectivity index (χ0n) is 14.1. The molecule has 0 spiro atoms. The highest BCUT2D eigenvalue weighted by Gasteiger charge is 2.15. The molecule has 2 heterocycles. The van der Waals surface area contributed by atoms with Gasteiger partial charge in [-0.15, -0.1) is 11.8 Å². The number of nitrogens with zero attached hydrogens (tertiary/aromatic N) is 2. The molecule has 5 heteroatoms. The molecule has 0 atom stereocenters. The Morgan fingerprint density at radius 3 is 2.12 bits per heavy atom. The smallest absolute Gasteiger partial charge is 0.138 e. The van der Waals surface area contributed by atoms with E-state index in [0.717, 1.165) is 33.9 Å². The summed E-state index contributed by atoms with van der Waals surface area (Å²) in [5.74, 6) is 0.842. The van der Waals surface area contributed by atoms with Gasteiger partial charge in [-0.25, -0.2) is 4.98 Å². The summed E-state index contributed by atoms with van der Waals surface area (Å²) in [7, 11) is 0. The number of H-pyrrole nitrogens is 1. The van der Waals surface area contributed by atoms with Crippen LogP contribution in [0.15, 0.2) is 78.0 Å². The fourth-order valence-electron chi connectivity index (χ4n) is 2.80. The number of aromatic amines is 1. The number of nitrogens with one attached hydrogen (secondary N) is 1. The highest BCUT2D eigenvalue weighted by atomic mass is 35.5. The van der Waals surface area contributed by atoms with Gasteiger partial charge in [0.15, 0.2) is 0 Å². The van der Waals surface area contributed by atoms with Crippen molar-refractivity contribution in [1.82, 2.24) is 15.0 Å². The molecule has 0 radical (unpaired) electrons. The van der Waals surface area contributed by atoms with Crippen molar-refractivity contribution >= 4 is 23.4 Å². The van der Waals surface area contributed by atoms with E-state index < -0.39 is 0 Å². The molecule has 0 amide bonds. The molecule has 0 unspecified atom stereocenters. The summed E-state index contributed by atoms with van der Waals surface area (Å²) in [5, 5.41) is 0.714. The number of halogens is 1. The second-order valence-electron chi connectivity index (χ2n) is 5.78. The van der Waals surface area contributed by atoms with E-state index >= 15 is 0 Å². The van der Waals surface area contributed by atoms with Crippen LogP contribution < -0.4 is 0 Å². The van der Waals surface area contributed by atoms with E-state index in [2.05, 4.69) is 40.5 Å². The van der Waals surface area contributed by atoms with E-state index in [1.807, 2.05) is 36.4 Å². The lowest BCUT2D eigenvalue weighted by Gasteiger charge is -2.03. The third kappa shape index (κ3) is 3.39. The summed E-state index contributed by atoms with van der Waals surface area (Å²) in [5.41, 5.74) is 4.99. The van der Waals surface area contributed by atoms with Crippen molar-refractivity contribution in [3.8, 4) is 33.9 Å². The van der Waals surface area contributed by atoms with Crippen molar-refractivity contribution in [2.75, 3.05) is 6.26 Å². The van der Waals surface area contributed by atoms with Gasteiger partial charge in [-0.2, -0.15) is 0 Å². The number of aromatic nitrogens is 3. The quantitative estimate of drug-likeness (QED) is 0.431. The maximum Gasteiger partial charge on any atom is 0.138 e. The molecule has 0 aliphatic rings. The molecular formula is C21H16ClN3S. The van der Waals surface area contributed by atoms with Crippen LogP contribution in [0.5, 0.6) is 0 Å². The Hall–Kier alpha value is -2.56. The van der Waals surface area contributed by atoms with Crippen LogP contribution in [0, 0.1) is 0 Å². The summed E-state index contributed by atoms with van der Waals surface area (Å²) < 4.78 is 0. The lowest BCUT2D eigenvalue weighted by molar-refractivity contribution is 1.29. The number of hydrogen-bond donors (Lipinski definition) is 1. The Morgan fingerprint density at radius 1 is 0.808 bits per heavy atom. The summed E-state index contributed by atoms with van der Waals surface area (Å²) in [6.07, 6.45) is 5.63. The third-order valence-corrected chi connectivity index (χ3v) is 5.15. The predicted octanol–water partition coefficient (Wildman–Crippen LogP) is 6.18. The Kier molecular flexibility index (Phi) is 4.78. The fraction of sp³-hybridized carbons (Fsp3) is 0.0476. The maximum absolute atomic E-state index is 6.05. The van der Waals surface area contributed by atoms with Crippen molar-refractivity contribution in [2.45, 2.75) is 4.90 Å². The Bertz CT molecular complexity index is 1010. The van der Waals surface area contributed by atoms with Gasteiger partial charge in [0.1, 0.15) is 5.82 Å². The molecule has 128 valence electrons. The first-order valence-electron chi connectivity index (χ1n) is 8.15. The van der Waals surface area contributed by atoms with E-state index in [1.54, 1.807) is 24.2 Å². The largest absolute Gasteiger partial charge is 0.337 e. The fourth-order valence-corrected chi connectivity index (χ4v) is 3.34. The summed E-state index contributed by atoms with van der Waals surface area (Å²) in [6.45, 7) is 0. The molecule has 1 N–H and O–H groups in total. The second-order valence-corrected chi connectivity index (χ2v) is 7.10. The molecule has 0 aliphatic heterocycles. The summed E-state index contributed by atoms with van der Waals surface area (Å²) in [6, 6.07) is 20.1. The lowest BCUT2D eigenvalue weighted by Crippen LogP contribution is -1.84. The molecule has 0 fully saturated rings. The minimum Gasteiger partial charge on any atom is -0.337 e. The molecule has 4 aromatic rings. The number of pyridine rings is 1. The first-order chi connectivity index (χ1) is 12.7. The highest BCUT2D eigenvalue weighted by Crippen LogP contribution is 2.33. The van der Waals surface area contributed by atoms with Crippen LogP contribution >= 0.6 is 23.4 Å². The van der Waals surface area contributed by atoms with E-state index in [4.69, 9.17) is 16.6 Å². The molecule has 0 saturated carbocycles. The number of rotatable bonds is 4. The average molecular weight is 378 g/mol. The van der Waals surface area contributed by atoms with Crippen LogP contribution in [0.4, 0.5) is 0 Å². The van der Waals surface area contributed by atoms with E-state index in [9.17, 15) is 0 Å². The minimum atomic E-state index is 0.714. The standard InChI is InChI=1S/C21H16ClN3S/c1-26-18-8-4-16(5-9-18)21-24-19(14-2-6-17(22)7-3-14)20(25-21)15-10-12-23-13-11-15/h2-13H,1H3,(H,24,25). The van der Waals surface area contributed by atoms with E-state index in [1.165, 1.54) is 4.90 Å². The van der Waals surface area contributed by atoms with Gasteiger partial charge in [0.2, 0.25) is 0 Å². The molecule has 2 aromatic heterocycles. The predicted molar refractivity (Wildman–Crippen MR) is 109 cm³/mol. The average Bonchev–Trinajstić information content (AvgIpc) is 3.15. The topological polar surface area (TPSA) is 41.6 Å². The second kappa shape index (κ2) is 7.36. The maximum atomic E-state index is 6.05. The Labute approximate surface area is 161 Å². The lowest BCUT2D eigenvalue weighted by atomic mass is 10.1. The Balaban J connectivity index is 1.85. The normalized spacial score (nSPS) is 10.8. The number of benzene rings is 2. The molecule has 4 rings (SSSR count). The van der Waals surface area contributed by atoms with Crippen LogP contribution in [0.1, 0.15) is 0 Å². The highest BCUT2D eigenvalue weighted by molar-refractivity contribution is 7.98. The zero-order chi connectivity index (χ0) is 17.9. The van der Waals surface area contributed by atoms with Crippen LogP contribution in [0.2, 0.25) is 5.02 Å². The van der Waals surface area contributed by atoms with Crippen LogP contribution in [-0.4, -0.2) is 21.2 Å². The summed E-state index contributed by atoms with van der Waals surface area (Å²) in [4.78, 5) is 13.7. The molecule has 26 heavy (non-hydrogen) atoms. The van der Waals surface area contributed by atoms with Gasteiger partial charge < -0.3 is 4.98 Å². The third-order valence-electron chi connectivity index (χ3n) is 4.15. The first-order valence-corrected chi connectivity index (χ1v) is 9.75. The number of thioether (sulfide) groups is 1. The van der Waals surface area contributed by atoms with Gasteiger partial charge >= 0.3 is 0 Å². The molecule has 3 nitrogen and oxygen atoms in total. The monoisotopic (exact) mass is 377 g/mol. The van der Waals surface area contributed by atoms with Crippen molar-refractivity contribution in [3.63, 3.8) is 0 Å². The van der Waals surface area contributed by atoms with Crippen molar-refractivity contribution in [1.29, 1.82) is 0 Å². The zero-order valence-corrected chi connectivity index (χ0v) is 15.7. The van der Waals surface area contributed by atoms with Crippen molar-refractivity contribution in [2.24, 2.45) is 0 Å². The van der Waals surface area contributed by atoms with Crippen molar-refractivity contribution < 1.29 is 0 Å². The van der Waals surface area contributed by atoms with E-state index in [0.29, 0.717) is 5.02 Å². The van der Waals surface area contributed by atoms with Gasteiger partial charge in [-0.3, -0.25) is 4.98 Å². The minimum absolute atomic E-state index is 0.714. The molecule has 0 saturated heterocycles. The van der Waals surface area contributed by atoms with Gasteiger partial charge in [0.05, 0.1) is 11.4 Å².